The Morgan fingerprint density at radius 3 is 3.14 bits per heavy atom. The quantitative estimate of drug-likeness (QED) is 0.847. The molecule has 120 valence electrons. The Morgan fingerprint density at radius 2 is 2.32 bits per heavy atom. The summed E-state index contributed by atoms with van der Waals surface area (Å²) in [6.45, 7) is 4.12. The summed E-state index contributed by atoms with van der Waals surface area (Å²) in [5.74, 6) is 0. The molecule has 2 aromatic rings. The highest BCUT2D eigenvalue weighted by Gasteiger charge is 2.22. The van der Waals surface area contributed by atoms with Gasteiger partial charge in [-0.05, 0) is 18.6 Å². The first-order valence-corrected chi connectivity index (χ1v) is 8.00. The van der Waals surface area contributed by atoms with Gasteiger partial charge in [-0.2, -0.15) is 5.10 Å². The van der Waals surface area contributed by atoms with Crippen molar-refractivity contribution >= 4 is 22.5 Å². The Kier molecular flexibility index (Phi) is 4.98. The SMILES string of the molecule is COCC[C@@H]1CN(Cc2nn(C)c3cccc(Cl)c23)CCO1. The number of methoxy groups -OCH3 is 1. The van der Waals surface area contributed by atoms with Gasteiger partial charge in [0, 0.05) is 45.8 Å². The van der Waals surface area contributed by atoms with Crippen LogP contribution >= 0.6 is 11.6 Å². The Hall–Kier alpha value is -1.14. The number of nitrogens with zero attached hydrogens (tertiary/aromatic N) is 3. The van der Waals surface area contributed by atoms with Gasteiger partial charge in [0.15, 0.2) is 0 Å². The first kappa shape index (κ1) is 15.7. The molecule has 1 aromatic carbocycles. The van der Waals surface area contributed by atoms with Gasteiger partial charge in [0.05, 0.1) is 28.9 Å². The number of morpholine rings is 1. The second-order valence-electron chi connectivity index (χ2n) is 5.71. The third kappa shape index (κ3) is 3.27. The lowest BCUT2D eigenvalue weighted by atomic mass is 10.1. The van der Waals surface area contributed by atoms with Gasteiger partial charge in [-0.15, -0.1) is 0 Å². The lowest BCUT2D eigenvalue weighted by Gasteiger charge is -2.32. The van der Waals surface area contributed by atoms with Crippen molar-refractivity contribution in [2.45, 2.75) is 19.1 Å². The molecule has 0 spiro atoms. The molecule has 0 amide bonds. The van der Waals surface area contributed by atoms with E-state index >= 15 is 0 Å². The molecule has 0 aliphatic carbocycles. The first-order chi connectivity index (χ1) is 10.7. The van der Waals surface area contributed by atoms with Crippen LogP contribution in [0.15, 0.2) is 18.2 Å². The molecule has 0 bridgehead atoms. The molecule has 1 aliphatic rings. The van der Waals surface area contributed by atoms with E-state index in [4.69, 9.17) is 21.1 Å². The average Bonchev–Trinajstić information content (AvgIpc) is 2.83. The van der Waals surface area contributed by atoms with Crippen molar-refractivity contribution in [1.82, 2.24) is 14.7 Å². The molecule has 5 nitrogen and oxygen atoms in total. The van der Waals surface area contributed by atoms with Crippen LogP contribution in [-0.4, -0.2) is 54.2 Å². The van der Waals surface area contributed by atoms with E-state index in [1.165, 1.54) is 0 Å². The van der Waals surface area contributed by atoms with Crippen molar-refractivity contribution in [2.24, 2.45) is 7.05 Å². The fourth-order valence-corrected chi connectivity index (χ4v) is 3.30. The van der Waals surface area contributed by atoms with Crippen LogP contribution in [-0.2, 0) is 23.1 Å². The predicted octanol–water partition coefficient (Wildman–Crippen LogP) is 2.46. The zero-order valence-corrected chi connectivity index (χ0v) is 13.8. The van der Waals surface area contributed by atoms with Gasteiger partial charge in [0.25, 0.3) is 0 Å². The van der Waals surface area contributed by atoms with E-state index in [1.807, 2.05) is 23.9 Å². The molecule has 1 fully saturated rings. The van der Waals surface area contributed by atoms with Crippen molar-refractivity contribution in [3.8, 4) is 0 Å². The average molecular weight is 324 g/mol. The molecule has 1 atom stereocenters. The number of benzene rings is 1. The van der Waals surface area contributed by atoms with E-state index in [2.05, 4.69) is 16.1 Å². The third-order valence-electron chi connectivity index (χ3n) is 4.14. The molecule has 0 radical (unpaired) electrons. The summed E-state index contributed by atoms with van der Waals surface area (Å²) >= 11 is 6.38. The van der Waals surface area contributed by atoms with Crippen LogP contribution in [0.4, 0.5) is 0 Å². The summed E-state index contributed by atoms with van der Waals surface area (Å²) in [6, 6.07) is 5.94. The van der Waals surface area contributed by atoms with Crippen LogP contribution in [0, 0.1) is 0 Å². The van der Waals surface area contributed by atoms with Crippen LogP contribution in [0.5, 0.6) is 0 Å². The Labute approximate surface area is 135 Å². The molecule has 1 aromatic heterocycles. The zero-order chi connectivity index (χ0) is 15.5. The highest BCUT2D eigenvalue weighted by molar-refractivity contribution is 6.35. The summed E-state index contributed by atoms with van der Waals surface area (Å²) in [5.41, 5.74) is 2.11. The number of aromatic nitrogens is 2. The van der Waals surface area contributed by atoms with Crippen molar-refractivity contribution in [3.63, 3.8) is 0 Å². The van der Waals surface area contributed by atoms with Crippen LogP contribution in [0.1, 0.15) is 12.1 Å². The first-order valence-electron chi connectivity index (χ1n) is 7.62. The van der Waals surface area contributed by atoms with E-state index in [9.17, 15) is 0 Å². The van der Waals surface area contributed by atoms with Gasteiger partial charge in [-0.3, -0.25) is 9.58 Å². The van der Waals surface area contributed by atoms with E-state index in [-0.39, 0.29) is 6.10 Å². The van der Waals surface area contributed by atoms with Gasteiger partial charge in [-0.1, -0.05) is 17.7 Å². The van der Waals surface area contributed by atoms with Gasteiger partial charge in [0.2, 0.25) is 0 Å². The maximum atomic E-state index is 6.38. The molecule has 22 heavy (non-hydrogen) atoms. The van der Waals surface area contributed by atoms with Crippen molar-refractivity contribution in [3.05, 3.63) is 28.9 Å². The Bertz CT molecular complexity index is 644. The van der Waals surface area contributed by atoms with Gasteiger partial charge >= 0.3 is 0 Å². The largest absolute Gasteiger partial charge is 0.385 e. The number of hydrogen-bond acceptors (Lipinski definition) is 4. The number of hydrogen-bond donors (Lipinski definition) is 0. The Balaban J connectivity index is 1.75. The zero-order valence-electron chi connectivity index (χ0n) is 13.1. The molecule has 1 saturated heterocycles. The van der Waals surface area contributed by atoms with E-state index < -0.39 is 0 Å². The van der Waals surface area contributed by atoms with Gasteiger partial charge in [-0.25, -0.2) is 0 Å². The van der Waals surface area contributed by atoms with E-state index in [0.29, 0.717) is 0 Å². The molecule has 0 saturated carbocycles. The minimum Gasteiger partial charge on any atom is -0.385 e. The predicted molar refractivity (Wildman–Crippen MR) is 87.2 cm³/mol. The molecule has 3 rings (SSSR count). The van der Waals surface area contributed by atoms with E-state index in [1.54, 1.807) is 7.11 Å². The fourth-order valence-electron chi connectivity index (χ4n) is 3.02. The third-order valence-corrected chi connectivity index (χ3v) is 4.45. The smallest absolute Gasteiger partial charge is 0.0858 e. The minimum atomic E-state index is 0.235. The topological polar surface area (TPSA) is 39.5 Å². The molecule has 6 heteroatoms. The lowest BCUT2D eigenvalue weighted by Crippen LogP contribution is -2.42. The highest BCUT2D eigenvalue weighted by Crippen LogP contribution is 2.27. The molecule has 0 N–H and O–H groups in total. The fraction of sp³-hybridized carbons (Fsp3) is 0.562. The van der Waals surface area contributed by atoms with Crippen molar-refractivity contribution in [1.29, 1.82) is 0 Å². The van der Waals surface area contributed by atoms with Crippen LogP contribution in [0.3, 0.4) is 0 Å². The standard InChI is InChI=1S/C16H22ClN3O2/c1-19-15-5-3-4-13(17)16(15)14(18-19)11-20-7-9-22-12(10-20)6-8-21-2/h3-5,12H,6-11H2,1-2H3/t12-/m1/s1. The van der Waals surface area contributed by atoms with Crippen molar-refractivity contribution in [2.75, 3.05) is 33.4 Å². The summed E-state index contributed by atoms with van der Waals surface area (Å²) in [5, 5.41) is 6.49. The normalized spacial score (nSPS) is 19.9. The summed E-state index contributed by atoms with van der Waals surface area (Å²) in [4.78, 5) is 2.38. The second kappa shape index (κ2) is 6.96. The molecular weight excluding hydrogens is 302 g/mol. The number of rotatable bonds is 5. The lowest BCUT2D eigenvalue weighted by molar-refractivity contribution is -0.0434. The second-order valence-corrected chi connectivity index (χ2v) is 6.12. The van der Waals surface area contributed by atoms with Crippen LogP contribution in [0.2, 0.25) is 5.02 Å². The van der Waals surface area contributed by atoms with Crippen LogP contribution < -0.4 is 0 Å². The molecular formula is C16H22ClN3O2. The summed E-state index contributed by atoms with van der Waals surface area (Å²) in [6.07, 6.45) is 1.16. The number of halogens is 1. The number of ether oxygens (including phenoxy) is 2. The number of aryl methyl sites for hydroxylation is 1. The number of fused-ring (bicyclic) bond motifs is 1. The molecule has 1 aliphatic heterocycles. The van der Waals surface area contributed by atoms with Crippen molar-refractivity contribution < 1.29 is 9.47 Å². The maximum absolute atomic E-state index is 6.38. The molecule has 0 unspecified atom stereocenters. The van der Waals surface area contributed by atoms with Crippen LogP contribution in [0.25, 0.3) is 10.9 Å². The van der Waals surface area contributed by atoms with Gasteiger partial charge in [0.1, 0.15) is 0 Å². The van der Waals surface area contributed by atoms with Gasteiger partial charge < -0.3 is 9.47 Å². The Morgan fingerprint density at radius 1 is 1.45 bits per heavy atom. The maximum Gasteiger partial charge on any atom is 0.0858 e. The monoisotopic (exact) mass is 323 g/mol. The summed E-state index contributed by atoms with van der Waals surface area (Å²) < 4.78 is 12.8. The highest BCUT2D eigenvalue weighted by atomic mass is 35.5. The minimum absolute atomic E-state index is 0.235. The molecule has 2 heterocycles. The summed E-state index contributed by atoms with van der Waals surface area (Å²) in [7, 11) is 3.69. The van der Waals surface area contributed by atoms with E-state index in [0.717, 1.165) is 60.9 Å².